The molecule has 0 bridgehead atoms. The van der Waals surface area contributed by atoms with Crippen molar-refractivity contribution >= 4 is 5.97 Å². The van der Waals surface area contributed by atoms with E-state index in [0.29, 0.717) is 29.5 Å². The summed E-state index contributed by atoms with van der Waals surface area (Å²) in [5.41, 5.74) is 0.679. The fourth-order valence-corrected chi connectivity index (χ4v) is 2.05. The van der Waals surface area contributed by atoms with Gasteiger partial charge >= 0.3 is 5.97 Å². The van der Waals surface area contributed by atoms with Gasteiger partial charge in [0.1, 0.15) is 12.4 Å². The van der Waals surface area contributed by atoms with Gasteiger partial charge in [0.25, 0.3) is 0 Å². The summed E-state index contributed by atoms with van der Waals surface area (Å²) in [6.07, 6.45) is 2.37. The number of pyridine rings is 1. The van der Waals surface area contributed by atoms with Gasteiger partial charge in [-0.25, -0.2) is 4.79 Å². The summed E-state index contributed by atoms with van der Waals surface area (Å²) in [4.78, 5) is 26.9. The van der Waals surface area contributed by atoms with Crippen LogP contribution in [0.2, 0.25) is 0 Å². The molecule has 1 aromatic carbocycles. The molecule has 25 heavy (non-hydrogen) atoms. The summed E-state index contributed by atoms with van der Waals surface area (Å²) in [5, 5.41) is 0. The van der Waals surface area contributed by atoms with Gasteiger partial charge in [-0.2, -0.15) is 0 Å². The van der Waals surface area contributed by atoms with Gasteiger partial charge in [0.15, 0.2) is 5.75 Å². The first-order valence-corrected chi connectivity index (χ1v) is 8.15. The minimum absolute atomic E-state index is 0.0215. The normalized spacial score (nSPS) is 10.6. The van der Waals surface area contributed by atoms with E-state index in [1.54, 1.807) is 31.4 Å². The van der Waals surface area contributed by atoms with Crippen LogP contribution in [0.3, 0.4) is 0 Å². The van der Waals surface area contributed by atoms with E-state index in [-0.39, 0.29) is 17.8 Å². The summed E-state index contributed by atoms with van der Waals surface area (Å²) >= 11 is 0. The summed E-state index contributed by atoms with van der Waals surface area (Å²) in [5.74, 6) is 0.969. The third kappa shape index (κ3) is 5.67. The molecule has 134 valence electrons. The monoisotopic (exact) mass is 345 g/mol. The lowest BCUT2D eigenvalue weighted by atomic mass is 10.1. The zero-order valence-corrected chi connectivity index (χ0v) is 14.7. The van der Waals surface area contributed by atoms with Crippen molar-refractivity contribution in [3.05, 3.63) is 58.0 Å². The molecule has 1 heterocycles. The number of ether oxygens (including phenoxy) is 3. The molecule has 0 saturated carbocycles. The average molecular weight is 345 g/mol. The van der Waals surface area contributed by atoms with Gasteiger partial charge < -0.3 is 19.2 Å². The predicted molar refractivity (Wildman–Crippen MR) is 94.1 cm³/mol. The van der Waals surface area contributed by atoms with E-state index < -0.39 is 5.97 Å². The molecule has 0 unspecified atom stereocenters. The highest BCUT2D eigenvalue weighted by atomic mass is 16.5. The molecule has 1 aromatic heterocycles. The minimum atomic E-state index is -0.472. The van der Waals surface area contributed by atoms with Crippen molar-refractivity contribution in [2.45, 2.75) is 26.9 Å². The third-order valence-corrected chi connectivity index (χ3v) is 3.57. The lowest BCUT2D eigenvalue weighted by molar-refractivity contribution is 0.0467. The number of esters is 1. The molecule has 0 amide bonds. The van der Waals surface area contributed by atoms with Crippen molar-refractivity contribution in [2.75, 3.05) is 13.7 Å². The molecule has 2 aromatic rings. The van der Waals surface area contributed by atoms with Gasteiger partial charge in [-0.3, -0.25) is 4.79 Å². The van der Waals surface area contributed by atoms with Gasteiger partial charge in [-0.05, 0) is 36.6 Å². The fraction of sp³-hybridized carbons (Fsp3) is 0.368. The second-order valence-electron chi connectivity index (χ2n) is 6.02. The molecule has 0 aliphatic heterocycles. The molecule has 0 aliphatic rings. The zero-order valence-electron chi connectivity index (χ0n) is 14.7. The number of rotatable bonds is 8. The Kier molecular flexibility index (Phi) is 6.62. The van der Waals surface area contributed by atoms with Crippen molar-refractivity contribution in [2.24, 2.45) is 5.92 Å². The standard InChI is InChI=1S/C19H23NO5/c1-13(2)8-9-24-18-11-20-15(10-17(18)21)12-25-19(22)14-4-6-16(23-3)7-5-14/h4-7,10-11,13H,8-9,12H2,1-3H3,(H,20,21). The van der Waals surface area contributed by atoms with E-state index in [4.69, 9.17) is 14.2 Å². The minimum Gasteiger partial charge on any atom is -0.497 e. The van der Waals surface area contributed by atoms with E-state index in [2.05, 4.69) is 18.8 Å². The lowest BCUT2D eigenvalue weighted by Crippen LogP contribution is -2.13. The molecule has 0 fully saturated rings. The van der Waals surface area contributed by atoms with Crippen LogP contribution in [-0.4, -0.2) is 24.7 Å². The summed E-state index contributed by atoms with van der Waals surface area (Å²) in [7, 11) is 1.56. The number of benzene rings is 1. The van der Waals surface area contributed by atoms with Crippen LogP contribution in [0.4, 0.5) is 0 Å². The second kappa shape index (κ2) is 8.92. The zero-order chi connectivity index (χ0) is 18.2. The molecule has 0 saturated heterocycles. The van der Waals surface area contributed by atoms with E-state index in [9.17, 15) is 9.59 Å². The second-order valence-corrected chi connectivity index (χ2v) is 6.02. The highest BCUT2D eigenvalue weighted by Crippen LogP contribution is 2.13. The van der Waals surface area contributed by atoms with Crippen LogP contribution in [-0.2, 0) is 11.3 Å². The van der Waals surface area contributed by atoms with Crippen LogP contribution < -0.4 is 14.9 Å². The summed E-state index contributed by atoms with van der Waals surface area (Å²) < 4.78 is 15.7. The van der Waals surface area contributed by atoms with Gasteiger partial charge in [0.2, 0.25) is 5.43 Å². The molecule has 2 rings (SSSR count). The lowest BCUT2D eigenvalue weighted by Gasteiger charge is -2.09. The first-order chi connectivity index (χ1) is 12.0. The predicted octanol–water partition coefficient (Wildman–Crippen LogP) is 3.17. The Morgan fingerprint density at radius 3 is 2.52 bits per heavy atom. The quantitative estimate of drug-likeness (QED) is 0.744. The number of carbonyl (C=O) groups excluding carboxylic acids is 1. The number of methoxy groups -OCH3 is 1. The van der Waals surface area contributed by atoms with Gasteiger partial charge in [-0.1, -0.05) is 13.8 Å². The number of nitrogens with one attached hydrogen (secondary N) is 1. The van der Waals surface area contributed by atoms with Crippen molar-refractivity contribution < 1.29 is 19.0 Å². The highest BCUT2D eigenvalue weighted by Gasteiger charge is 2.09. The van der Waals surface area contributed by atoms with Gasteiger partial charge in [0.05, 0.1) is 25.0 Å². The largest absolute Gasteiger partial charge is 0.497 e. The van der Waals surface area contributed by atoms with Crippen LogP contribution in [0.5, 0.6) is 11.5 Å². The number of H-pyrrole nitrogens is 1. The maximum absolute atomic E-state index is 12.0. The smallest absolute Gasteiger partial charge is 0.338 e. The first-order valence-electron chi connectivity index (χ1n) is 8.15. The molecule has 0 atom stereocenters. The Balaban J connectivity index is 1.90. The van der Waals surface area contributed by atoms with Crippen LogP contribution in [0.15, 0.2) is 41.3 Å². The maximum atomic E-state index is 12.0. The average Bonchev–Trinajstić information content (AvgIpc) is 2.61. The Morgan fingerprint density at radius 1 is 1.20 bits per heavy atom. The van der Waals surface area contributed by atoms with Crippen molar-refractivity contribution in [3.8, 4) is 11.5 Å². The number of carbonyl (C=O) groups is 1. The molecular weight excluding hydrogens is 322 g/mol. The third-order valence-electron chi connectivity index (χ3n) is 3.57. The Labute approximate surface area is 146 Å². The topological polar surface area (TPSA) is 77.6 Å². The number of aromatic nitrogens is 1. The molecule has 0 spiro atoms. The Hall–Kier alpha value is -2.76. The van der Waals surface area contributed by atoms with Crippen LogP contribution in [0, 0.1) is 5.92 Å². The number of hydrogen-bond acceptors (Lipinski definition) is 5. The molecule has 0 aliphatic carbocycles. The van der Waals surface area contributed by atoms with Crippen molar-refractivity contribution in [3.63, 3.8) is 0 Å². The van der Waals surface area contributed by atoms with Gasteiger partial charge in [-0.15, -0.1) is 0 Å². The van der Waals surface area contributed by atoms with E-state index in [1.807, 2.05) is 0 Å². The van der Waals surface area contributed by atoms with Crippen LogP contribution in [0.1, 0.15) is 36.3 Å². The van der Waals surface area contributed by atoms with Crippen molar-refractivity contribution in [1.82, 2.24) is 4.98 Å². The summed E-state index contributed by atoms with van der Waals surface area (Å²) in [6.45, 7) is 4.65. The van der Waals surface area contributed by atoms with Crippen LogP contribution in [0.25, 0.3) is 0 Å². The van der Waals surface area contributed by atoms with E-state index >= 15 is 0 Å². The number of aromatic amines is 1. The maximum Gasteiger partial charge on any atom is 0.338 e. The SMILES string of the molecule is COc1ccc(C(=O)OCc2cc(=O)c(OCCC(C)C)c[nH]2)cc1. The van der Waals surface area contributed by atoms with E-state index in [1.165, 1.54) is 12.3 Å². The van der Waals surface area contributed by atoms with Crippen LogP contribution >= 0.6 is 0 Å². The van der Waals surface area contributed by atoms with E-state index in [0.717, 1.165) is 6.42 Å². The molecule has 6 nitrogen and oxygen atoms in total. The molecule has 1 N–H and O–H groups in total. The molecule has 6 heteroatoms. The summed E-state index contributed by atoms with van der Waals surface area (Å²) in [6, 6.07) is 7.99. The fourth-order valence-electron chi connectivity index (χ4n) is 2.05. The Bertz CT molecular complexity index is 749. The molecule has 0 radical (unpaired) electrons. The van der Waals surface area contributed by atoms with Crippen molar-refractivity contribution in [1.29, 1.82) is 0 Å². The molecular formula is C19H23NO5. The Morgan fingerprint density at radius 2 is 1.92 bits per heavy atom. The first kappa shape index (κ1) is 18.6. The van der Waals surface area contributed by atoms with Gasteiger partial charge in [0, 0.05) is 12.3 Å². The highest BCUT2D eigenvalue weighted by molar-refractivity contribution is 5.89. The number of hydrogen-bond donors (Lipinski definition) is 1.